The lowest BCUT2D eigenvalue weighted by atomic mass is 9.49. The number of benzene rings is 6. The molecule has 0 bridgehead atoms. The quantitative estimate of drug-likeness (QED) is 0.0699. The number of amides is 4. The summed E-state index contributed by atoms with van der Waals surface area (Å²) >= 11 is 6.45. The first-order valence-corrected chi connectivity index (χ1v) is 22.6. The highest BCUT2D eigenvalue weighted by Gasteiger charge is 2.70. The number of fused-ring (bicyclic) bond motifs is 4. The summed E-state index contributed by atoms with van der Waals surface area (Å²) in [6, 6.07) is 39.1. The second-order valence-corrected chi connectivity index (χ2v) is 17.8. The first kappa shape index (κ1) is 44.2. The molecule has 0 aromatic heterocycles. The molecule has 2 saturated heterocycles. The molecule has 2 N–H and O–H groups in total. The van der Waals surface area contributed by atoms with E-state index in [0.717, 1.165) is 21.7 Å². The van der Waals surface area contributed by atoms with E-state index in [0.29, 0.717) is 50.3 Å². The predicted molar refractivity (Wildman–Crippen MR) is 255 cm³/mol. The van der Waals surface area contributed by atoms with Crippen molar-refractivity contribution in [1.82, 2.24) is 5.01 Å². The number of halogens is 2. The molecule has 2 aliphatic heterocycles. The zero-order chi connectivity index (χ0) is 47.3. The van der Waals surface area contributed by atoms with Crippen LogP contribution in [0.2, 0.25) is 5.02 Å². The van der Waals surface area contributed by atoms with Gasteiger partial charge in [0.1, 0.15) is 35.4 Å². The Morgan fingerprint density at radius 3 is 2.22 bits per heavy atom. The summed E-state index contributed by atoms with van der Waals surface area (Å²) in [4.78, 5) is 61.4. The van der Waals surface area contributed by atoms with Crippen LogP contribution in [-0.2, 0) is 31.2 Å². The number of carbonyl (C=O) groups is 4. The van der Waals surface area contributed by atoms with Gasteiger partial charge in [-0.2, -0.15) is 5.01 Å². The van der Waals surface area contributed by atoms with E-state index >= 15 is 9.59 Å². The van der Waals surface area contributed by atoms with Crippen LogP contribution >= 0.6 is 11.6 Å². The van der Waals surface area contributed by atoms with Gasteiger partial charge >= 0.3 is 0 Å². The van der Waals surface area contributed by atoms with Crippen molar-refractivity contribution in [3.8, 4) is 23.0 Å². The molecular weight excluding hydrogens is 885 g/mol. The first-order chi connectivity index (χ1) is 33.0. The average Bonchev–Trinajstić information content (AvgIpc) is 3.74. The summed E-state index contributed by atoms with van der Waals surface area (Å²) in [5.74, 6) is -5.37. The number of methoxy groups -OCH3 is 2. The molecule has 3 fully saturated rings. The van der Waals surface area contributed by atoms with Gasteiger partial charge in [-0.1, -0.05) is 96.1 Å². The highest BCUT2D eigenvalue weighted by atomic mass is 35.5. The Kier molecular flexibility index (Phi) is 11.6. The summed E-state index contributed by atoms with van der Waals surface area (Å²) in [7, 11) is 3.18. The van der Waals surface area contributed by atoms with Crippen molar-refractivity contribution < 1.29 is 42.9 Å². The van der Waals surface area contributed by atoms with E-state index in [4.69, 9.17) is 25.8 Å². The Bertz CT molecular complexity index is 3020. The largest absolute Gasteiger partial charge is 0.508 e. The molecule has 1 saturated carbocycles. The Morgan fingerprint density at radius 1 is 0.779 bits per heavy atom. The van der Waals surface area contributed by atoms with Crippen molar-refractivity contribution >= 4 is 58.8 Å². The third-order valence-electron chi connectivity index (χ3n) is 13.9. The average molecular weight is 930 g/mol. The van der Waals surface area contributed by atoms with Crippen molar-refractivity contribution in [2.45, 2.75) is 30.8 Å². The van der Waals surface area contributed by atoms with E-state index in [9.17, 15) is 19.1 Å². The number of allylic oxidation sites excluding steroid dienone is 2. The number of nitrogens with zero attached hydrogens (tertiary/aromatic N) is 2. The number of hydrogen-bond acceptors (Lipinski definition) is 9. The van der Waals surface area contributed by atoms with Gasteiger partial charge in [-0.3, -0.25) is 29.5 Å². The minimum Gasteiger partial charge on any atom is -0.508 e. The molecule has 11 nitrogen and oxygen atoms in total. The van der Waals surface area contributed by atoms with Crippen molar-refractivity contribution in [2.75, 3.05) is 24.5 Å². The van der Waals surface area contributed by atoms with Crippen LogP contribution in [0.5, 0.6) is 23.0 Å². The fourth-order valence-corrected chi connectivity index (χ4v) is 10.9. The molecule has 10 rings (SSSR count). The molecule has 2 aliphatic carbocycles. The van der Waals surface area contributed by atoms with Crippen molar-refractivity contribution in [1.29, 1.82) is 0 Å². The number of rotatable bonds is 12. The van der Waals surface area contributed by atoms with Crippen molar-refractivity contribution in [3.05, 3.63) is 190 Å². The number of aromatic hydroxyl groups is 1. The SMILES string of the molecule is COc1ccc(OC)c(C=Cc2ccc(N3C(=O)[C@H]4[C@H](CC=C5[C@H]4C[C@H]4C(=O)N(Nc6ccc(F)cc6)C(=O)[C@@]4(c4ccc(Cl)cc4)[C@H]5c4ccc(OCc5ccccc5)cc4O)C3=O)cc2)c1. The molecule has 4 amide bonds. The monoisotopic (exact) mass is 929 g/mol. The molecule has 4 aliphatic rings. The van der Waals surface area contributed by atoms with Crippen LogP contribution in [0.1, 0.15) is 46.6 Å². The normalized spacial score (nSPS) is 23.0. The number of phenols is 1. The van der Waals surface area contributed by atoms with Gasteiger partial charge in [0.15, 0.2) is 0 Å². The summed E-state index contributed by atoms with van der Waals surface area (Å²) in [6.07, 6.45) is 5.92. The lowest BCUT2D eigenvalue weighted by molar-refractivity contribution is -0.138. The van der Waals surface area contributed by atoms with Gasteiger partial charge < -0.3 is 19.3 Å². The molecule has 6 atom stereocenters. The lowest BCUT2D eigenvalue weighted by Crippen LogP contribution is -2.53. The molecule has 68 heavy (non-hydrogen) atoms. The van der Waals surface area contributed by atoms with Gasteiger partial charge in [-0.05, 0) is 108 Å². The molecule has 0 radical (unpaired) electrons. The zero-order valence-electron chi connectivity index (χ0n) is 37.0. The molecule has 6 aromatic carbocycles. The van der Waals surface area contributed by atoms with Gasteiger partial charge in [-0.15, -0.1) is 0 Å². The van der Waals surface area contributed by atoms with E-state index in [-0.39, 0.29) is 31.1 Å². The van der Waals surface area contributed by atoms with Crippen molar-refractivity contribution in [2.24, 2.45) is 23.7 Å². The maximum Gasteiger partial charge on any atom is 0.260 e. The van der Waals surface area contributed by atoms with Gasteiger partial charge in [-0.25, -0.2) is 4.39 Å². The van der Waals surface area contributed by atoms with E-state index in [1.165, 1.54) is 35.2 Å². The highest BCUT2D eigenvalue weighted by Crippen LogP contribution is 2.65. The molecule has 0 spiro atoms. The number of imide groups is 2. The van der Waals surface area contributed by atoms with Crippen LogP contribution in [0.4, 0.5) is 15.8 Å². The van der Waals surface area contributed by atoms with Gasteiger partial charge in [0.2, 0.25) is 11.8 Å². The number of nitrogens with one attached hydrogen (secondary N) is 1. The summed E-state index contributed by atoms with van der Waals surface area (Å²) < 4.78 is 31.1. The van der Waals surface area contributed by atoms with E-state index < -0.39 is 58.5 Å². The van der Waals surface area contributed by atoms with E-state index in [2.05, 4.69) is 5.43 Å². The Labute approximate surface area is 397 Å². The lowest BCUT2D eigenvalue weighted by Gasteiger charge is -2.50. The fourth-order valence-electron chi connectivity index (χ4n) is 10.7. The summed E-state index contributed by atoms with van der Waals surface area (Å²) in [5, 5.41) is 13.5. The van der Waals surface area contributed by atoms with Crippen molar-refractivity contribution in [3.63, 3.8) is 0 Å². The number of anilines is 2. The third kappa shape index (κ3) is 7.54. The molecule has 2 heterocycles. The summed E-state index contributed by atoms with van der Waals surface area (Å²) in [5.41, 5.74) is 5.97. The number of ether oxygens (including phenoxy) is 3. The van der Waals surface area contributed by atoms with Crippen LogP contribution in [0.3, 0.4) is 0 Å². The van der Waals surface area contributed by atoms with E-state index in [1.54, 1.807) is 62.8 Å². The molecule has 13 heteroatoms. The zero-order valence-corrected chi connectivity index (χ0v) is 37.7. The minimum atomic E-state index is -1.68. The number of hydrogen-bond donors (Lipinski definition) is 2. The second kappa shape index (κ2) is 17.8. The maximum absolute atomic E-state index is 15.6. The number of hydrazine groups is 1. The van der Waals surface area contributed by atoms with Crippen LogP contribution in [-0.4, -0.2) is 48.0 Å². The van der Waals surface area contributed by atoms with Crippen LogP contribution in [0.15, 0.2) is 151 Å². The minimum absolute atomic E-state index is 0.0294. The first-order valence-electron chi connectivity index (χ1n) is 22.2. The maximum atomic E-state index is 15.6. The molecule has 0 unspecified atom stereocenters. The van der Waals surface area contributed by atoms with Crippen LogP contribution < -0.4 is 24.5 Å². The fraction of sp³-hybridized carbons (Fsp3) is 0.200. The van der Waals surface area contributed by atoms with Crippen LogP contribution in [0, 0.1) is 29.5 Å². The number of carbonyl (C=O) groups excluding carboxylic acids is 4. The summed E-state index contributed by atoms with van der Waals surface area (Å²) in [6.45, 7) is 0.234. The van der Waals surface area contributed by atoms with Gasteiger partial charge in [0, 0.05) is 28.1 Å². The van der Waals surface area contributed by atoms with Gasteiger partial charge in [0.25, 0.3) is 11.8 Å². The number of phenolic OH excluding ortho intramolecular Hbond substituents is 1. The Morgan fingerprint density at radius 2 is 1.51 bits per heavy atom. The third-order valence-corrected chi connectivity index (χ3v) is 14.1. The van der Waals surface area contributed by atoms with Gasteiger partial charge in [0.05, 0.1) is 48.8 Å². The highest BCUT2D eigenvalue weighted by molar-refractivity contribution is 6.30. The smallest absolute Gasteiger partial charge is 0.260 e. The standard InChI is InChI=1S/C55H45ClFN3O8/c1-66-40-23-27-48(67-2)34(28-40)11-8-32-9-20-39(21-10-32)59-51(62)44-26-25-42-45(49(44)53(59)64)30-46-52(63)60(58-38-18-16-37(57)17-19-38)54(65)55(46,35-12-14-36(56)15-13-35)50(42)43-24-22-41(29-47(43)61)68-31-33-6-4-3-5-7-33/h3-25,27-29,44-46,49-50,58,61H,26,30-31H2,1-2H3/t44-,45+,46-,49-,50+,55+/m0/s1. The Hall–Kier alpha value is -7.70. The molecule has 6 aromatic rings. The van der Waals surface area contributed by atoms with E-state index in [1.807, 2.05) is 78.9 Å². The topological polar surface area (TPSA) is 135 Å². The Balaban J connectivity index is 1.04. The molecular formula is C55H45ClFN3O8. The predicted octanol–water partition coefficient (Wildman–Crippen LogP) is 10.1. The van der Waals surface area contributed by atoms with Crippen LogP contribution in [0.25, 0.3) is 12.2 Å². The second-order valence-electron chi connectivity index (χ2n) is 17.4. The molecule has 342 valence electrons.